The topological polar surface area (TPSA) is 95.7 Å². The molecule has 0 saturated heterocycles. The second kappa shape index (κ2) is 10.2. The number of rotatable bonds is 8. The van der Waals surface area contributed by atoms with Crippen LogP contribution in [0.4, 0.5) is 5.69 Å². The van der Waals surface area contributed by atoms with E-state index in [0.717, 1.165) is 11.1 Å². The summed E-state index contributed by atoms with van der Waals surface area (Å²) in [6, 6.07) is 28.8. The molecule has 168 valence electrons. The van der Waals surface area contributed by atoms with Gasteiger partial charge in [0, 0.05) is 17.7 Å². The molecule has 0 atom stereocenters. The Balaban J connectivity index is 1.31. The lowest BCUT2D eigenvalue weighted by Gasteiger charge is -2.08. The molecule has 0 N–H and O–H groups in total. The van der Waals surface area contributed by atoms with Gasteiger partial charge in [0.1, 0.15) is 11.5 Å². The molecule has 0 aromatic heterocycles. The van der Waals surface area contributed by atoms with Gasteiger partial charge in [-0.1, -0.05) is 54.6 Å². The van der Waals surface area contributed by atoms with E-state index in [1.807, 2.05) is 42.5 Å². The molecule has 0 saturated carbocycles. The third kappa shape index (κ3) is 5.52. The number of carbonyl (C=O) groups is 2. The standard InChI is InChI=1S/C27H19NO6/c29-26(21-8-6-20(7-9-21)19-4-2-1-3-5-19)18-33-27(30)22-10-14-24(15-11-22)34-25-16-12-23(13-17-25)28(31)32/h1-17H,18H2. The van der Waals surface area contributed by atoms with Crippen LogP contribution in [-0.4, -0.2) is 23.3 Å². The van der Waals surface area contributed by atoms with Gasteiger partial charge < -0.3 is 9.47 Å². The quantitative estimate of drug-likeness (QED) is 0.139. The largest absolute Gasteiger partial charge is 0.457 e. The van der Waals surface area contributed by atoms with Crippen molar-refractivity contribution < 1.29 is 24.0 Å². The highest BCUT2D eigenvalue weighted by Crippen LogP contribution is 2.24. The maximum Gasteiger partial charge on any atom is 0.338 e. The van der Waals surface area contributed by atoms with E-state index >= 15 is 0 Å². The lowest BCUT2D eigenvalue weighted by atomic mass is 10.0. The number of hydrogen-bond donors (Lipinski definition) is 0. The van der Waals surface area contributed by atoms with Gasteiger partial charge in [-0.15, -0.1) is 0 Å². The predicted octanol–water partition coefficient (Wildman–Crippen LogP) is 6.09. The third-order valence-corrected chi connectivity index (χ3v) is 5.02. The molecule has 0 heterocycles. The molecule has 0 aliphatic heterocycles. The Morgan fingerprint density at radius 1 is 0.676 bits per heavy atom. The maximum absolute atomic E-state index is 12.4. The van der Waals surface area contributed by atoms with Crippen LogP contribution in [0.1, 0.15) is 20.7 Å². The summed E-state index contributed by atoms with van der Waals surface area (Å²) in [5.74, 6) is -0.0629. The van der Waals surface area contributed by atoms with Gasteiger partial charge in [-0.25, -0.2) is 4.79 Å². The van der Waals surface area contributed by atoms with E-state index in [4.69, 9.17) is 9.47 Å². The Morgan fingerprint density at radius 2 is 1.21 bits per heavy atom. The van der Waals surface area contributed by atoms with Crippen molar-refractivity contribution in [3.05, 3.63) is 124 Å². The van der Waals surface area contributed by atoms with Gasteiger partial charge in [0.05, 0.1) is 10.5 Å². The van der Waals surface area contributed by atoms with Crippen LogP contribution in [0, 0.1) is 10.1 Å². The van der Waals surface area contributed by atoms with E-state index in [1.54, 1.807) is 24.3 Å². The summed E-state index contributed by atoms with van der Waals surface area (Å²) in [4.78, 5) is 34.9. The number of ketones is 1. The van der Waals surface area contributed by atoms with Gasteiger partial charge in [-0.2, -0.15) is 0 Å². The number of ether oxygens (including phenoxy) is 2. The average molecular weight is 453 g/mol. The fourth-order valence-electron chi connectivity index (χ4n) is 3.21. The zero-order valence-corrected chi connectivity index (χ0v) is 17.9. The van der Waals surface area contributed by atoms with Crippen molar-refractivity contribution in [2.24, 2.45) is 0 Å². The minimum Gasteiger partial charge on any atom is -0.457 e. The van der Waals surface area contributed by atoms with Crippen molar-refractivity contribution in [3.63, 3.8) is 0 Å². The molecular formula is C27H19NO6. The number of nitro benzene ring substituents is 1. The molecule has 0 aliphatic carbocycles. The Kier molecular flexibility index (Phi) is 6.74. The van der Waals surface area contributed by atoms with Crippen LogP contribution in [0.15, 0.2) is 103 Å². The smallest absolute Gasteiger partial charge is 0.338 e. The van der Waals surface area contributed by atoms with E-state index in [2.05, 4.69) is 0 Å². The van der Waals surface area contributed by atoms with Gasteiger partial charge in [-0.3, -0.25) is 14.9 Å². The van der Waals surface area contributed by atoms with Gasteiger partial charge in [-0.05, 0) is 47.5 Å². The zero-order chi connectivity index (χ0) is 23.9. The first kappa shape index (κ1) is 22.4. The molecule has 7 nitrogen and oxygen atoms in total. The first-order valence-corrected chi connectivity index (χ1v) is 10.4. The zero-order valence-electron chi connectivity index (χ0n) is 17.9. The van der Waals surface area contributed by atoms with Gasteiger partial charge in [0.25, 0.3) is 5.69 Å². The number of nitrogens with zero attached hydrogens (tertiary/aromatic N) is 1. The third-order valence-electron chi connectivity index (χ3n) is 5.02. The molecule has 0 radical (unpaired) electrons. The minimum atomic E-state index is -0.629. The van der Waals surface area contributed by atoms with Crippen molar-refractivity contribution in [1.82, 2.24) is 0 Å². The molecule has 0 unspecified atom stereocenters. The van der Waals surface area contributed by atoms with Crippen molar-refractivity contribution in [2.75, 3.05) is 6.61 Å². The number of nitro groups is 1. The molecule has 0 bridgehead atoms. The summed E-state index contributed by atoms with van der Waals surface area (Å²) in [7, 11) is 0. The Hall–Kier alpha value is -4.78. The SMILES string of the molecule is O=C(COC(=O)c1ccc(Oc2ccc([N+](=O)[O-])cc2)cc1)c1ccc(-c2ccccc2)cc1. The first-order chi connectivity index (χ1) is 16.5. The Bertz CT molecular complexity index is 1300. The first-order valence-electron chi connectivity index (χ1n) is 10.4. The van der Waals surface area contributed by atoms with Crippen LogP contribution in [0.3, 0.4) is 0 Å². The van der Waals surface area contributed by atoms with Gasteiger partial charge >= 0.3 is 5.97 Å². The molecule has 4 aromatic rings. The molecule has 0 fully saturated rings. The maximum atomic E-state index is 12.4. The highest BCUT2D eigenvalue weighted by molar-refractivity contribution is 5.99. The van der Waals surface area contributed by atoms with Crippen LogP contribution >= 0.6 is 0 Å². The Labute approximate surface area is 195 Å². The van der Waals surface area contributed by atoms with E-state index in [0.29, 0.717) is 17.1 Å². The summed E-state index contributed by atoms with van der Waals surface area (Å²) in [6.45, 7) is -0.370. The molecular weight excluding hydrogens is 434 g/mol. The number of benzene rings is 4. The Morgan fingerprint density at radius 3 is 1.79 bits per heavy atom. The molecule has 34 heavy (non-hydrogen) atoms. The molecule has 0 aliphatic rings. The number of hydrogen-bond acceptors (Lipinski definition) is 6. The molecule has 7 heteroatoms. The van der Waals surface area contributed by atoms with Crippen LogP contribution in [0.5, 0.6) is 11.5 Å². The highest BCUT2D eigenvalue weighted by atomic mass is 16.6. The predicted molar refractivity (Wildman–Crippen MR) is 126 cm³/mol. The summed E-state index contributed by atoms with van der Waals surface area (Å²) in [6.07, 6.45) is 0. The number of carbonyl (C=O) groups excluding carboxylic acids is 2. The summed E-state index contributed by atoms with van der Waals surface area (Å²) >= 11 is 0. The van der Waals surface area contributed by atoms with Crippen LogP contribution < -0.4 is 4.74 Å². The lowest BCUT2D eigenvalue weighted by Crippen LogP contribution is -2.14. The van der Waals surface area contributed by atoms with Crippen LogP contribution in [-0.2, 0) is 4.74 Å². The van der Waals surface area contributed by atoms with E-state index in [-0.39, 0.29) is 23.6 Å². The molecule has 4 rings (SSSR count). The summed E-state index contributed by atoms with van der Waals surface area (Å²) in [5.41, 5.74) is 2.73. The van der Waals surface area contributed by atoms with E-state index < -0.39 is 10.9 Å². The van der Waals surface area contributed by atoms with E-state index in [9.17, 15) is 19.7 Å². The van der Waals surface area contributed by atoms with Crippen molar-refractivity contribution in [1.29, 1.82) is 0 Å². The number of Topliss-reactive ketones (excluding diaryl/α,β-unsaturated/α-hetero) is 1. The normalized spacial score (nSPS) is 10.4. The summed E-state index contributed by atoms with van der Waals surface area (Å²) in [5, 5.41) is 10.7. The highest BCUT2D eigenvalue weighted by Gasteiger charge is 2.13. The molecule has 4 aromatic carbocycles. The summed E-state index contributed by atoms with van der Waals surface area (Å²) < 4.78 is 10.8. The second-order valence-electron chi connectivity index (χ2n) is 7.32. The molecule has 0 spiro atoms. The monoisotopic (exact) mass is 453 g/mol. The fourth-order valence-corrected chi connectivity index (χ4v) is 3.21. The number of non-ortho nitro benzene ring substituents is 1. The number of esters is 1. The van der Waals surface area contributed by atoms with Crippen molar-refractivity contribution in [3.8, 4) is 22.6 Å². The second-order valence-corrected chi connectivity index (χ2v) is 7.32. The molecule has 0 amide bonds. The fraction of sp³-hybridized carbons (Fsp3) is 0.0370. The van der Waals surface area contributed by atoms with E-state index in [1.165, 1.54) is 36.4 Å². The average Bonchev–Trinajstić information content (AvgIpc) is 2.88. The van der Waals surface area contributed by atoms with Crippen molar-refractivity contribution >= 4 is 17.4 Å². The van der Waals surface area contributed by atoms with Gasteiger partial charge in [0.15, 0.2) is 12.4 Å². The van der Waals surface area contributed by atoms with Crippen LogP contribution in [0.25, 0.3) is 11.1 Å². The minimum absolute atomic E-state index is 0.0351. The van der Waals surface area contributed by atoms with Crippen molar-refractivity contribution in [2.45, 2.75) is 0 Å². The van der Waals surface area contributed by atoms with Crippen LogP contribution in [0.2, 0.25) is 0 Å². The van der Waals surface area contributed by atoms with Gasteiger partial charge in [0.2, 0.25) is 0 Å². The lowest BCUT2D eigenvalue weighted by molar-refractivity contribution is -0.384.